The molecular weight excluding hydrogens is 360 g/mol. The lowest BCUT2D eigenvalue weighted by Crippen LogP contribution is -2.30. The van der Waals surface area contributed by atoms with Crippen molar-refractivity contribution in [3.63, 3.8) is 0 Å². The van der Waals surface area contributed by atoms with E-state index in [4.69, 9.17) is 4.74 Å². The number of hydrogen-bond donors (Lipinski definition) is 1. The minimum atomic E-state index is -0.593. The van der Waals surface area contributed by atoms with E-state index in [1.165, 1.54) is 22.0 Å². The number of hydrogen-bond acceptors (Lipinski definition) is 2. The molecule has 148 valence electrons. The van der Waals surface area contributed by atoms with Gasteiger partial charge in [0.05, 0.1) is 0 Å². The number of rotatable bonds is 5. The number of aromatic nitrogens is 1. The van der Waals surface area contributed by atoms with Crippen LogP contribution in [0.5, 0.6) is 5.75 Å². The highest BCUT2D eigenvalue weighted by atomic mass is 16.5. The van der Waals surface area contributed by atoms with Gasteiger partial charge < -0.3 is 14.6 Å². The van der Waals surface area contributed by atoms with Crippen molar-refractivity contribution in [2.45, 2.75) is 40.3 Å². The van der Waals surface area contributed by atoms with E-state index >= 15 is 0 Å². The van der Waals surface area contributed by atoms with Crippen LogP contribution in [-0.4, -0.2) is 16.6 Å². The van der Waals surface area contributed by atoms with Crippen LogP contribution in [0.3, 0.4) is 0 Å². The van der Waals surface area contributed by atoms with Crippen LogP contribution in [0.1, 0.15) is 25.0 Å². The first-order valence-corrected chi connectivity index (χ1v) is 10.0. The highest BCUT2D eigenvalue weighted by molar-refractivity contribution is 6.10. The highest BCUT2D eigenvalue weighted by Crippen LogP contribution is 2.31. The predicted molar refractivity (Wildman–Crippen MR) is 120 cm³/mol. The quantitative estimate of drug-likeness (QED) is 0.468. The van der Waals surface area contributed by atoms with Gasteiger partial charge in [-0.1, -0.05) is 35.9 Å². The molecule has 0 aliphatic rings. The number of carbonyl (C=O) groups excluding carboxylic acids is 1. The van der Waals surface area contributed by atoms with Gasteiger partial charge in [-0.3, -0.25) is 4.79 Å². The second kappa shape index (κ2) is 7.63. The van der Waals surface area contributed by atoms with E-state index in [2.05, 4.69) is 47.1 Å². The van der Waals surface area contributed by atoms with E-state index in [-0.39, 0.29) is 5.91 Å². The minimum absolute atomic E-state index is 0.163. The number of nitrogens with zero attached hydrogens (tertiary/aromatic N) is 1. The van der Waals surface area contributed by atoms with Gasteiger partial charge >= 0.3 is 0 Å². The molecule has 0 aliphatic carbocycles. The van der Waals surface area contributed by atoms with Gasteiger partial charge in [0.25, 0.3) is 5.91 Å². The third-order valence-corrected chi connectivity index (χ3v) is 5.36. The maximum absolute atomic E-state index is 12.7. The molecule has 0 aliphatic heterocycles. The zero-order valence-electron chi connectivity index (χ0n) is 17.3. The van der Waals surface area contributed by atoms with Gasteiger partial charge in [0.2, 0.25) is 0 Å². The van der Waals surface area contributed by atoms with Gasteiger partial charge in [0, 0.05) is 34.0 Å². The molecule has 1 aromatic heterocycles. The number of anilines is 1. The number of para-hydroxylation sites is 1. The third kappa shape index (κ3) is 3.58. The SMILES string of the molecule is CCn1c2ccccc2c2cc(NC(=O)[C@H](C)Oc3ccc(C)cc3C)ccc21. The first-order chi connectivity index (χ1) is 14.0. The molecule has 4 nitrogen and oxygen atoms in total. The number of nitrogens with one attached hydrogen (secondary N) is 1. The highest BCUT2D eigenvalue weighted by Gasteiger charge is 2.17. The van der Waals surface area contributed by atoms with Crippen LogP contribution < -0.4 is 10.1 Å². The standard InChI is InChI=1S/C25H26N2O2/c1-5-27-22-9-7-6-8-20(22)21-15-19(11-12-23(21)27)26-25(28)18(4)29-24-13-10-16(2)14-17(24)3/h6-15,18H,5H2,1-4H3,(H,26,28)/t18-/m0/s1. The van der Waals surface area contributed by atoms with Gasteiger partial charge in [0.1, 0.15) is 5.75 Å². The minimum Gasteiger partial charge on any atom is -0.481 e. The third-order valence-electron chi connectivity index (χ3n) is 5.36. The molecule has 1 atom stereocenters. The molecule has 1 N–H and O–H groups in total. The molecule has 1 heterocycles. The van der Waals surface area contributed by atoms with E-state index in [9.17, 15) is 4.79 Å². The molecule has 0 spiro atoms. The summed E-state index contributed by atoms with van der Waals surface area (Å²) in [7, 11) is 0. The second-order valence-corrected chi connectivity index (χ2v) is 7.51. The Kier molecular flexibility index (Phi) is 5.01. The van der Waals surface area contributed by atoms with Crippen molar-refractivity contribution < 1.29 is 9.53 Å². The van der Waals surface area contributed by atoms with Crippen LogP contribution in [0, 0.1) is 13.8 Å². The molecule has 4 rings (SSSR count). The number of carbonyl (C=O) groups is 1. The number of aryl methyl sites for hydroxylation is 3. The van der Waals surface area contributed by atoms with Crippen LogP contribution in [-0.2, 0) is 11.3 Å². The lowest BCUT2D eigenvalue weighted by atomic mass is 10.1. The molecule has 29 heavy (non-hydrogen) atoms. The molecule has 0 bridgehead atoms. The Hall–Kier alpha value is -3.27. The summed E-state index contributed by atoms with van der Waals surface area (Å²) in [5, 5.41) is 5.34. The Morgan fingerprint density at radius 3 is 2.52 bits per heavy atom. The summed E-state index contributed by atoms with van der Waals surface area (Å²) in [6, 6.07) is 20.4. The molecule has 4 aromatic rings. The summed E-state index contributed by atoms with van der Waals surface area (Å²) in [5.41, 5.74) is 5.36. The first kappa shape index (κ1) is 19.1. The van der Waals surface area contributed by atoms with Crippen molar-refractivity contribution in [1.29, 1.82) is 0 Å². The summed E-state index contributed by atoms with van der Waals surface area (Å²) in [6.45, 7) is 8.85. The van der Waals surface area contributed by atoms with Gasteiger partial charge in [0.15, 0.2) is 6.10 Å². The molecule has 0 fully saturated rings. The van der Waals surface area contributed by atoms with E-state index < -0.39 is 6.10 Å². The van der Waals surface area contributed by atoms with Crippen molar-refractivity contribution >= 4 is 33.4 Å². The van der Waals surface area contributed by atoms with Crippen LogP contribution in [0.4, 0.5) is 5.69 Å². The number of benzene rings is 3. The van der Waals surface area contributed by atoms with E-state index in [1.54, 1.807) is 6.92 Å². The van der Waals surface area contributed by atoms with Crippen molar-refractivity contribution in [3.05, 3.63) is 71.8 Å². The van der Waals surface area contributed by atoms with Crippen molar-refractivity contribution in [3.8, 4) is 5.75 Å². The number of fused-ring (bicyclic) bond motifs is 3. The molecular formula is C25H26N2O2. The Morgan fingerprint density at radius 1 is 1.00 bits per heavy atom. The first-order valence-electron chi connectivity index (χ1n) is 10.0. The fraction of sp³-hybridized carbons (Fsp3) is 0.240. The maximum atomic E-state index is 12.7. The molecule has 0 saturated carbocycles. The summed E-state index contributed by atoms with van der Waals surface area (Å²) in [4.78, 5) is 12.7. The predicted octanol–water partition coefficient (Wildman–Crippen LogP) is 5.84. The molecule has 3 aromatic carbocycles. The van der Waals surface area contributed by atoms with Crippen LogP contribution in [0.2, 0.25) is 0 Å². The van der Waals surface area contributed by atoms with Gasteiger partial charge in [-0.25, -0.2) is 0 Å². The average molecular weight is 386 g/mol. The summed E-state index contributed by atoms with van der Waals surface area (Å²) >= 11 is 0. The Balaban J connectivity index is 1.58. The summed E-state index contributed by atoms with van der Waals surface area (Å²) in [5.74, 6) is 0.572. The van der Waals surface area contributed by atoms with Gasteiger partial charge in [-0.05, 0) is 63.6 Å². The van der Waals surface area contributed by atoms with Crippen LogP contribution in [0.25, 0.3) is 21.8 Å². The summed E-state index contributed by atoms with van der Waals surface area (Å²) < 4.78 is 8.19. The molecule has 4 heteroatoms. The Morgan fingerprint density at radius 2 is 1.76 bits per heavy atom. The van der Waals surface area contributed by atoms with Crippen molar-refractivity contribution in [2.75, 3.05) is 5.32 Å². The number of amides is 1. The fourth-order valence-electron chi connectivity index (χ4n) is 3.89. The van der Waals surface area contributed by atoms with E-state index in [0.717, 1.165) is 28.9 Å². The smallest absolute Gasteiger partial charge is 0.265 e. The Labute approximate surface area is 171 Å². The lowest BCUT2D eigenvalue weighted by molar-refractivity contribution is -0.122. The molecule has 0 unspecified atom stereocenters. The van der Waals surface area contributed by atoms with Crippen molar-refractivity contribution in [2.24, 2.45) is 0 Å². The van der Waals surface area contributed by atoms with Crippen molar-refractivity contribution in [1.82, 2.24) is 4.57 Å². The second-order valence-electron chi connectivity index (χ2n) is 7.51. The maximum Gasteiger partial charge on any atom is 0.265 e. The zero-order valence-corrected chi connectivity index (χ0v) is 17.3. The molecule has 0 saturated heterocycles. The largest absolute Gasteiger partial charge is 0.481 e. The lowest BCUT2D eigenvalue weighted by Gasteiger charge is -2.16. The van der Waals surface area contributed by atoms with Gasteiger partial charge in [-0.15, -0.1) is 0 Å². The number of ether oxygens (including phenoxy) is 1. The topological polar surface area (TPSA) is 43.3 Å². The van der Waals surface area contributed by atoms with E-state index in [1.807, 2.05) is 44.2 Å². The molecule has 0 radical (unpaired) electrons. The van der Waals surface area contributed by atoms with Gasteiger partial charge in [-0.2, -0.15) is 0 Å². The summed E-state index contributed by atoms with van der Waals surface area (Å²) in [6.07, 6.45) is -0.593. The van der Waals surface area contributed by atoms with Crippen LogP contribution >= 0.6 is 0 Å². The average Bonchev–Trinajstić information content (AvgIpc) is 3.03. The fourth-order valence-corrected chi connectivity index (χ4v) is 3.89. The molecule has 1 amide bonds. The van der Waals surface area contributed by atoms with Crippen LogP contribution in [0.15, 0.2) is 60.7 Å². The normalized spacial score (nSPS) is 12.3. The monoisotopic (exact) mass is 386 g/mol. The Bertz CT molecular complexity index is 1210. The zero-order chi connectivity index (χ0) is 20.5. The van der Waals surface area contributed by atoms with E-state index in [0.29, 0.717) is 0 Å².